The predicted molar refractivity (Wildman–Crippen MR) is 73.3 cm³/mol. The summed E-state index contributed by atoms with van der Waals surface area (Å²) in [5, 5.41) is 9.03. The van der Waals surface area contributed by atoms with Crippen molar-refractivity contribution in [1.29, 1.82) is 5.26 Å². The largest absolute Gasteiger partial charge is 0.244 e. The molecule has 6 heteroatoms. The van der Waals surface area contributed by atoms with Crippen LogP contribution >= 0.6 is 11.6 Å². The van der Waals surface area contributed by atoms with Crippen molar-refractivity contribution in [2.75, 3.05) is 6.54 Å². The van der Waals surface area contributed by atoms with Gasteiger partial charge in [0.15, 0.2) is 0 Å². The Bertz CT molecular complexity index is 637. The van der Waals surface area contributed by atoms with Crippen LogP contribution < -0.4 is 0 Å². The maximum atomic E-state index is 12.6. The topological polar surface area (TPSA) is 61.2 Å². The van der Waals surface area contributed by atoms with E-state index in [1.165, 1.54) is 22.5 Å². The molecule has 102 valence electrons. The summed E-state index contributed by atoms with van der Waals surface area (Å²) in [6.45, 7) is 4.42. The van der Waals surface area contributed by atoms with E-state index in [1.807, 2.05) is 19.9 Å². The number of rotatable bonds is 2. The van der Waals surface area contributed by atoms with Crippen LogP contribution in [0.1, 0.15) is 25.8 Å². The van der Waals surface area contributed by atoms with Crippen molar-refractivity contribution < 1.29 is 8.42 Å². The van der Waals surface area contributed by atoms with Crippen LogP contribution in [0, 0.1) is 17.2 Å². The van der Waals surface area contributed by atoms with Crippen LogP contribution in [0.4, 0.5) is 0 Å². The van der Waals surface area contributed by atoms with Gasteiger partial charge in [0.25, 0.3) is 0 Å². The minimum Gasteiger partial charge on any atom is -0.207 e. The van der Waals surface area contributed by atoms with Crippen molar-refractivity contribution in [2.24, 2.45) is 5.92 Å². The SMILES string of the molecule is CC1CC(C)N(S(=O)(=O)c2cc(C#N)ccc2Cl)C1. The van der Waals surface area contributed by atoms with Gasteiger partial charge >= 0.3 is 0 Å². The molecular formula is C13H15ClN2O2S. The van der Waals surface area contributed by atoms with Gasteiger partial charge in [0.05, 0.1) is 16.7 Å². The number of hydrogen-bond acceptors (Lipinski definition) is 3. The zero-order valence-corrected chi connectivity index (χ0v) is 12.4. The summed E-state index contributed by atoms with van der Waals surface area (Å²) in [7, 11) is -3.63. The Labute approximate surface area is 118 Å². The van der Waals surface area contributed by atoms with Gasteiger partial charge in [-0.2, -0.15) is 9.57 Å². The molecule has 1 saturated heterocycles. The van der Waals surface area contributed by atoms with Crippen LogP contribution in [0.5, 0.6) is 0 Å². The molecule has 1 aliphatic heterocycles. The Kier molecular flexibility index (Phi) is 3.86. The van der Waals surface area contributed by atoms with Gasteiger partial charge in [-0.25, -0.2) is 8.42 Å². The van der Waals surface area contributed by atoms with E-state index in [0.29, 0.717) is 18.0 Å². The van der Waals surface area contributed by atoms with Crippen LogP contribution in [0.3, 0.4) is 0 Å². The third kappa shape index (κ3) is 2.62. The summed E-state index contributed by atoms with van der Waals surface area (Å²) >= 11 is 5.98. The fourth-order valence-electron chi connectivity index (χ4n) is 2.49. The highest BCUT2D eigenvalue weighted by Gasteiger charge is 2.37. The molecule has 0 amide bonds. The third-order valence-electron chi connectivity index (χ3n) is 3.37. The molecule has 1 heterocycles. The molecule has 0 aromatic heterocycles. The number of nitrogens with zero attached hydrogens (tertiary/aromatic N) is 2. The van der Waals surface area contributed by atoms with Crippen LogP contribution in [0.15, 0.2) is 23.1 Å². The third-order valence-corrected chi connectivity index (χ3v) is 5.84. The highest BCUT2D eigenvalue weighted by Crippen LogP contribution is 2.32. The first-order valence-corrected chi connectivity index (χ1v) is 7.89. The first-order valence-electron chi connectivity index (χ1n) is 6.07. The molecule has 1 aromatic carbocycles. The highest BCUT2D eigenvalue weighted by atomic mass is 35.5. The summed E-state index contributed by atoms with van der Waals surface area (Å²) in [6.07, 6.45) is 0.842. The van der Waals surface area contributed by atoms with Gasteiger partial charge in [0.1, 0.15) is 4.90 Å². The second-order valence-electron chi connectivity index (χ2n) is 5.02. The summed E-state index contributed by atoms with van der Waals surface area (Å²) < 4.78 is 26.7. The van der Waals surface area contributed by atoms with Crippen LogP contribution in [-0.2, 0) is 10.0 Å². The fourth-order valence-corrected chi connectivity index (χ4v) is 4.76. The number of nitriles is 1. The van der Waals surface area contributed by atoms with Crippen molar-refractivity contribution in [3.63, 3.8) is 0 Å². The Morgan fingerprint density at radius 2 is 2.11 bits per heavy atom. The van der Waals surface area contributed by atoms with Crippen molar-refractivity contribution in [2.45, 2.75) is 31.2 Å². The van der Waals surface area contributed by atoms with E-state index in [4.69, 9.17) is 16.9 Å². The van der Waals surface area contributed by atoms with Crippen molar-refractivity contribution in [3.8, 4) is 6.07 Å². The highest BCUT2D eigenvalue weighted by molar-refractivity contribution is 7.89. The number of sulfonamides is 1. The normalized spacial score (nSPS) is 24.3. The average Bonchev–Trinajstić information content (AvgIpc) is 2.69. The van der Waals surface area contributed by atoms with Gasteiger partial charge in [-0.3, -0.25) is 0 Å². The van der Waals surface area contributed by atoms with Gasteiger partial charge in [0, 0.05) is 12.6 Å². The Morgan fingerprint density at radius 1 is 1.42 bits per heavy atom. The van der Waals surface area contributed by atoms with E-state index in [-0.39, 0.29) is 16.0 Å². The molecule has 19 heavy (non-hydrogen) atoms. The summed E-state index contributed by atoms with van der Waals surface area (Å²) in [5.41, 5.74) is 0.294. The zero-order valence-electron chi connectivity index (χ0n) is 10.8. The van der Waals surface area contributed by atoms with Gasteiger partial charge in [-0.1, -0.05) is 18.5 Å². The quantitative estimate of drug-likeness (QED) is 0.843. The molecule has 0 N–H and O–H groups in total. The molecule has 0 radical (unpaired) electrons. The second kappa shape index (κ2) is 5.12. The minimum atomic E-state index is -3.63. The molecule has 1 fully saturated rings. The molecule has 0 bridgehead atoms. The molecule has 2 rings (SSSR count). The van der Waals surface area contributed by atoms with E-state index in [9.17, 15) is 8.42 Å². The first kappa shape index (κ1) is 14.3. The van der Waals surface area contributed by atoms with Crippen LogP contribution in [0.2, 0.25) is 5.02 Å². The van der Waals surface area contributed by atoms with E-state index >= 15 is 0 Å². The van der Waals surface area contributed by atoms with E-state index < -0.39 is 10.0 Å². The fraction of sp³-hybridized carbons (Fsp3) is 0.462. The van der Waals surface area contributed by atoms with E-state index in [1.54, 1.807) is 0 Å². The summed E-state index contributed by atoms with van der Waals surface area (Å²) in [6, 6.07) is 6.20. The first-order chi connectivity index (χ1) is 8.86. The Morgan fingerprint density at radius 3 is 2.63 bits per heavy atom. The molecule has 1 aliphatic rings. The predicted octanol–water partition coefficient (Wildman–Crippen LogP) is 2.63. The molecule has 2 atom stereocenters. The molecule has 0 spiro atoms. The lowest BCUT2D eigenvalue weighted by molar-refractivity contribution is 0.405. The number of hydrogen-bond donors (Lipinski definition) is 0. The standard InChI is InChI=1S/C13H15ClN2O2S/c1-9-5-10(2)16(8-9)19(17,18)13-6-11(7-15)3-4-12(13)14/h3-4,6,9-10H,5,8H2,1-2H3. The Balaban J connectivity index is 2.49. The molecule has 2 unspecified atom stereocenters. The lowest BCUT2D eigenvalue weighted by Gasteiger charge is -2.21. The van der Waals surface area contributed by atoms with E-state index in [0.717, 1.165) is 6.42 Å². The average molecular weight is 299 g/mol. The van der Waals surface area contributed by atoms with Crippen molar-refractivity contribution in [1.82, 2.24) is 4.31 Å². The van der Waals surface area contributed by atoms with Crippen molar-refractivity contribution in [3.05, 3.63) is 28.8 Å². The number of benzene rings is 1. The lowest BCUT2D eigenvalue weighted by Crippen LogP contribution is -2.34. The van der Waals surface area contributed by atoms with Gasteiger partial charge in [-0.05, 0) is 37.5 Å². The smallest absolute Gasteiger partial charge is 0.207 e. The number of halogens is 1. The minimum absolute atomic E-state index is 0.0224. The summed E-state index contributed by atoms with van der Waals surface area (Å²) in [5.74, 6) is 0.336. The molecule has 0 aliphatic carbocycles. The zero-order chi connectivity index (χ0) is 14.2. The molecule has 4 nitrogen and oxygen atoms in total. The van der Waals surface area contributed by atoms with Gasteiger partial charge in [-0.15, -0.1) is 0 Å². The molecular weight excluding hydrogens is 284 g/mol. The maximum absolute atomic E-state index is 12.6. The van der Waals surface area contributed by atoms with Gasteiger partial charge in [0.2, 0.25) is 10.0 Å². The molecule has 0 saturated carbocycles. The monoisotopic (exact) mass is 298 g/mol. The summed E-state index contributed by atoms with van der Waals surface area (Å²) in [4.78, 5) is 0.0224. The van der Waals surface area contributed by atoms with Crippen molar-refractivity contribution >= 4 is 21.6 Å². The Hall–Kier alpha value is -1.09. The molecule has 1 aromatic rings. The maximum Gasteiger partial charge on any atom is 0.244 e. The lowest BCUT2D eigenvalue weighted by atomic mass is 10.1. The van der Waals surface area contributed by atoms with E-state index in [2.05, 4.69) is 0 Å². The van der Waals surface area contributed by atoms with Crippen LogP contribution in [0.25, 0.3) is 0 Å². The second-order valence-corrected chi connectivity index (χ2v) is 7.29. The van der Waals surface area contributed by atoms with Gasteiger partial charge < -0.3 is 0 Å². The van der Waals surface area contributed by atoms with Crippen LogP contribution in [-0.4, -0.2) is 25.3 Å².